The first kappa shape index (κ1) is 13.4. The van der Waals surface area contributed by atoms with Crippen molar-refractivity contribution in [3.05, 3.63) is 77.4 Å². The molecule has 1 aromatic heterocycles. The Morgan fingerprint density at radius 3 is 2.76 bits per heavy atom. The molecule has 0 radical (unpaired) electrons. The third kappa shape index (κ3) is 2.68. The van der Waals surface area contributed by atoms with Crippen LogP contribution in [0.25, 0.3) is 10.8 Å². The van der Waals surface area contributed by atoms with E-state index in [9.17, 15) is 9.18 Å². The van der Waals surface area contributed by atoms with E-state index in [1.54, 1.807) is 12.3 Å². The minimum Gasteiger partial charge on any atom is -0.292 e. The van der Waals surface area contributed by atoms with Crippen molar-refractivity contribution in [2.45, 2.75) is 13.3 Å². The van der Waals surface area contributed by atoms with Crippen molar-refractivity contribution >= 4 is 16.6 Å². The lowest BCUT2D eigenvalue weighted by atomic mass is 9.99. The van der Waals surface area contributed by atoms with Crippen molar-refractivity contribution in [3.8, 4) is 0 Å². The number of pyridine rings is 1. The highest BCUT2D eigenvalue weighted by Crippen LogP contribution is 2.19. The summed E-state index contributed by atoms with van der Waals surface area (Å²) >= 11 is 0. The summed E-state index contributed by atoms with van der Waals surface area (Å²) in [5.74, 6) is -0.339. The van der Waals surface area contributed by atoms with Crippen molar-refractivity contribution in [1.82, 2.24) is 4.98 Å². The Bertz CT molecular complexity index is 821. The molecule has 0 unspecified atom stereocenters. The number of ketones is 1. The van der Waals surface area contributed by atoms with Crippen molar-refractivity contribution in [1.29, 1.82) is 0 Å². The van der Waals surface area contributed by atoms with Crippen LogP contribution in [0, 0.1) is 12.7 Å². The maximum Gasteiger partial charge on any atom is 0.186 e. The average molecular weight is 279 g/mol. The SMILES string of the molecule is Cc1cc(F)ccc1CC(=O)c1nccc2ccccc12. The van der Waals surface area contributed by atoms with Crippen LogP contribution in [0.15, 0.2) is 54.7 Å². The van der Waals surface area contributed by atoms with Gasteiger partial charge in [0.15, 0.2) is 5.78 Å². The molecule has 21 heavy (non-hydrogen) atoms. The summed E-state index contributed by atoms with van der Waals surface area (Å²) in [6.07, 6.45) is 1.88. The lowest BCUT2D eigenvalue weighted by Gasteiger charge is -2.07. The largest absolute Gasteiger partial charge is 0.292 e. The average Bonchev–Trinajstić information content (AvgIpc) is 2.49. The van der Waals surface area contributed by atoms with E-state index in [-0.39, 0.29) is 18.0 Å². The van der Waals surface area contributed by atoms with E-state index in [2.05, 4.69) is 4.98 Å². The Hall–Kier alpha value is -2.55. The maximum atomic E-state index is 13.1. The highest BCUT2D eigenvalue weighted by molar-refractivity contribution is 6.07. The predicted molar refractivity (Wildman–Crippen MR) is 80.9 cm³/mol. The summed E-state index contributed by atoms with van der Waals surface area (Å²) in [6, 6.07) is 14.0. The fourth-order valence-corrected chi connectivity index (χ4v) is 2.46. The van der Waals surface area contributed by atoms with Crippen LogP contribution in [0.1, 0.15) is 21.6 Å². The molecule has 0 bridgehead atoms. The molecule has 0 spiro atoms. The van der Waals surface area contributed by atoms with Crippen molar-refractivity contribution in [3.63, 3.8) is 0 Å². The van der Waals surface area contributed by atoms with Gasteiger partial charge in [-0.25, -0.2) is 4.39 Å². The molecule has 0 aliphatic carbocycles. The smallest absolute Gasteiger partial charge is 0.186 e. The van der Waals surface area contributed by atoms with Crippen molar-refractivity contribution < 1.29 is 9.18 Å². The summed E-state index contributed by atoms with van der Waals surface area (Å²) in [5.41, 5.74) is 2.08. The van der Waals surface area contributed by atoms with E-state index in [1.165, 1.54) is 12.1 Å². The number of Topliss-reactive ketones (excluding diaryl/α,β-unsaturated/α-hetero) is 1. The quantitative estimate of drug-likeness (QED) is 0.675. The van der Waals surface area contributed by atoms with Gasteiger partial charge in [-0.05, 0) is 41.6 Å². The summed E-state index contributed by atoms with van der Waals surface area (Å²) in [6.45, 7) is 1.81. The Kier molecular flexibility index (Phi) is 3.48. The lowest BCUT2D eigenvalue weighted by Crippen LogP contribution is -2.08. The van der Waals surface area contributed by atoms with Gasteiger partial charge in [-0.3, -0.25) is 9.78 Å². The minimum atomic E-state index is -0.285. The van der Waals surface area contributed by atoms with E-state index >= 15 is 0 Å². The topological polar surface area (TPSA) is 30.0 Å². The molecular weight excluding hydrogens is 265 g/mol. The first-order chi connectivity index (χ1) is 10.1. The number of hydrogen-bond acceptors (Lipinski definition) is 2. The zero-order valence-corrected chi connectivity index (χ0v) is 11.6. The molecule has 0 fully saturated rings. The molecule has 0 aliphatic rings. The molecule has 3 rings (SSSR count). The standard InChI is InChI=1S/C18H14FNO/c1-12-10-15(19)7-6-14(12)11-17(21)18-16-5-3-2-4-13(16)8-9-20-18/h2-10H,11H2,1H3. The van der Waals surface area contributed by atoms with Crippen LogP contribution in [0.4, 0.5) is 4.39 Å². The number of carbonyl (C=O) groups is 1. The second-order valence-corrected chi connectivity index (χ2v) is 5.05. The van der Waals surface area contributed by atoms with Gasteiger partial charge in [0.1, 0.15) is 11.5 Å². The van der Waals surface area contributed by atoms with E-state index in [4.69, 9.17) is 0 Å². The Labute approximate surface area is 122 Å². The van der Waals surface area contributed by atoms with Crippen LogP contribution in [0.5, 0.6) is 0 Å². The molecule has 0 saturated heterocycles. The molecule has 1 heterocycles. The summed E-state index contributed by atoms with van der Waals surface area (Å²) in [5, 5.41) is 1.84. The highest BCUT2D eigenvalue weighted by atomic mass is 19.1. The van der Waals surface area contributed by atoms with Gasteiger partial charge >= 0.3 is 0 Å². The third-order valence-corrected chi connectivity index (χ3v) is 3.59. The fraction of sp³-hybridized carbons (Fsp3) is 0.111. The normalized spacial score (nSPS) is 10.8. The molecule has 0 aliphatic heterocycles. The number of benzene rings is 2. The van der Waals surface area contributed by atoms with E-state index < -0.39 is 0 Å². The fourth-order valence-electron chi connectivity index (χ4n) is 2.46. The molecule has 0 atom stereocenters. The molecule has 0 N–H and O–H groups in total. The van der Waals surface area contributed by atoms with Gasteiger partial charge < -0.3 is 0 Å². The van der Waals surface area contributed by atoms with Crippen LogP contribution >= 0.6 is 0 Å². The Morgan fingerprint density at radius 1 is 1.14 bits per heavy atom. The molecular formula is C18H14FNO. The third-order valence-electron chi connectivity index (χ3n) is 3.59. The maximum absolute atomic E-state index is 13.1. The van der Waals surface area contributed by atoms with Crippen LogP contribution in [-0.4, -0.2) is 10.8 Å². The molecule has 2 aromatic carbocycles. The van der Waals surface area contributed by atoms with Gasteiger partial charge in [0.2, 0.25) is 0 Å². The lowest BCUT2D eigenvalue weighted by molar-refractivity contribution is 0.0989. The molecule has 3 aromatic rings. The summed E-state index contributed by atoms with van der Waals surface area (Å²) in [4.78, 5) is 16.7. The Morgan fingerprint density at radius 2 is 1.95 bits per heavy atom. The number of fused-ring (bicyclic) bond motifs is 1. The first-order valence-electron chi connectivity index (χ1n) is 6.77. The van der Waals surface area contributed by atoms with Gasteiger partial charge in [0, 0.05) is 18.0 Å². The summed E-state index contributed by atoms with van der Waals surface area (Å²) < 4.78 is 13.1. The van der Waals surface area contributed by atoms with Crippen LogP contribution in [-0.2, 0) is 6.42 Å². The zero-order valence-electron chi connectivity index (χ0n) is 11.6. The number of aromatic nitrogens is 1. The van der Waals surface area contributed by atoms with Gasteiger partial charge in [-0.1, -0.05) is 30.3 Å². The number of halogens is 1. The van der Waals surface area contributed by atoms with Crippen LogP contribution < -0.4 is 0 Å². The second-order valence-electron chi connectivity index (χ2n) is 5.05. The van der Waals surface area contributed by atoms with Crippen LogP contribution in [0.2, 0.25) is 0 Å². The number of aryl methyl sites for hydroxylation is 1. The number of nitrogens with zero attached hydrogens (tertiary/aromatic N) is 1. The van der Waals surface area contributed by atoms with E-state index in [0.29, 0.717) is 5.69 Å². The highest BCUT2D eigenvalue weighted by Gasteiger charge is 2.13. The minimum absolute atomic E-state index is 0.0542. The van der Waals surface area contributed by atoms with Gasteiger partial charge in [-0.2, -0.15) is 0 Å². The first-order valence-corrected chi connectivity index (χ1v) is 6.77. The molecule has 2 nitrogen and oxygen atoms in total. The van der Waals surface area contributed by atoms with E-state index in [0.717, 1.165) is 21.9 Å². The predicted octanol–water partition coefficient (Wildman–Crippen LogP) is 4.11. The van der Waals surface area contributed by atoms with Crippen molar-refractivity contribution in [2.75, 3.05) is 0 Å². The second kappa shape index (κ2) is 5.44. The Balaban J connectivity index is 1.97. The summed E-state index contributed by atoms with van der Waals surface area (Å²) in [7, 11) is 0. The molecule has 3 heteroatoms. The number of hydrogen-bond donors (Lipinski definition) is 0. The number of rotatable bonds is 3. The van der Waals surface area contributed by atoms with Gasteiger partial charge in [0.05, 0.1) is 0 Å². The monoisotopic (exact) mass is 279 g/mol. The zero-order chi connectivity index (χ0) is 14.8. The number of carbonyl (C=O) groups excluding carboxylic acids is 1. The molecule has 0 saturated carbocycles. The molecule has 104 valence electrons. The van der Waals surface area contributed by atoms with Gasteiger partial charge in [-0.15, -0.1) is 0 Å². The van der Waals surface area contributed by atoms with Gasteiger partial charge in [0.25, 0.3) is 0 Å². The molecule has 0 amide bonds. The van der Waals surface area contributed by atoms with Crippen LogP contribution in [0.3, 0.4) is 0 Å². The van der Waals surface area contributed by atoms with E-state index in [1.807, 2.05) is 37.3 Å². The van der Waals surface area contributed by atoms with Crippen molar-refractivity contribution in [2.24, 2.45) is 0 Å².